The van der Waals surface area contributed by atoms with Crippen molar-refractivity contribution >= 4 is 53.8 Å². The lowest BCUT2D eigenvalue weighted by Crippen LogP contribution is -2.10. The van der Waals surface area contributed by atoms with Gasteiger partial charge in [-0.05, 0) is 31.0 Å². The highest BCUT2D eigenvalue weighted by atomic mass is 32.2. The van der Waals surface area contributed by atoms with Crippen molar-refractivity contribution in [3.05, 3.63) is 46.3 Å². The summed E-state index contributed by atoms with van der Waals surface area (Å²) in [6, 6.07) is 8.43. The van der Waals surface area contributed by atoms with Crippen LogP contribution in [0.2, 0.25) is 0 Å². The second-order valence-corrected chi connectivity index (χ2v) is 11.7. The summed E-state index contributed by atoms with van der Waals surface area (Å²) in [6.45, 7) is 7.03. The third kappa shape index (κ3) is 4.56. The summed E-state index contributed by atoms with van der Waals surface area (Å²) in [5.41, 5.74) is 2.38. The minimum atomic E-state index is -3.24. The number of fused-ring (bicyclic) bond motifs is 1. The van der Waals surface area contributed by atoms with Crippen LogP contribution >= 0.6 is 22.7 Å². The van der Waals surface area contributed by atoms with Gasteiger partial charge in [0.05, 0.1) is 21.2 Å². The summed E-state index contributed by atoms with van der Waals surface area (Å²) in [6.07, 6.45) is 1.17. The molecule has 10 heteroatoms. The van der Waals surface area contributed by atoms with Gasteiger partial charge in [-0.2, -0.15) is 5.10 Å². The second kappa shape index (κ2) is 8.18. The van der Waals surface area contributed by atoms with E-state index in [0.29, 0.717) is 21.6 Å². The van der Waals surface area contributed by atoms with Gasteiger partial charge in [0.15, 0.2) is 15.0 Å². The Kier molecular flexibility index (Phi) is 5.71. The molecule has 0 aliphatic heterocycles. The van der Waals surface area contributed by atoms with Gasteiger partial charge in [0.25, 0.3) is 5.91 Å². The van der Waals surface area contributed by atoms with Gasteiger partial charge in [0.1, 0.15) is 4.83 Å². The van der Waals surface area contributed by atoms with E-state index in [4.69, 9.17) is 0 Å². The number of aryl methyl sites for hydroxylation is 1. The Morgan fingerprint density at radius 2 is 1.94 bits per heavy atom. The smallest absolute Gasteiger partial charge is 0.267 e. The van der Waals surface area contributed by atoms with Crippen molar-refractivity contribution in [1.29, 1.82) is 0 Å². The van der Waals surface area contributed by atoms with Crippen LogP contribution in [0, 0.1) is 12.8 Å². The maximum Gasteiger partial charge on any atom is 0.267 e. The maximum absolute atomic E-state index is 12.8. The van der Waals surface area contributed by atoms with Gasteiger partial charge < -0.3 is 0 Å². The van der Waals surface area contributed by atoms with Crippen LogP contribution in [0.1, 0.15) is 29.2 Å². The number of benzene rings is 1. The maximum atomic E-state index is 12.8. The Morgan fingerprint density at radius 1 is 1.23 bits per heavy atom. The van der Waals surface area contributed by atoms with Crippen molar-refractivity contribution in [2.75, 3.05) is 11.6 Å². The number of rotatable bonds is 6. The molecule has 162 valence electrons. The summed E-state index contributed by atoms with van der Waals surface area (Å²) in [4.78, 5) is 19.2. The lowest BCUT2D eigenvalue weighted by molar-refractivity contribution is 0.103. The van der Waals surface area contributed by atoms with E-state index < -0.39 is 9.84 Å². The van der Waals surface area contributed by atoms with E-state index in [2.05, 4.69) is 29.2 Å². The number of sulfone groups is 1. The van der Waals surface area contributed by atoms with Gasteiger partial charge >= 0.3 is 0 Å². The topological polar surface area (TPSA) is 93.9 Å². The summed E-state index contributed by atoms with van der Waals surface area (Å²) >= 11 is 2.76. The van der Waals surface area contributed by atoms with E-state index in [-0.39, 0.29) is 10.8 Å². The van der Waals surface area contributed by atoms with Crippen molar-refractivity contribution in [3.63, 3.8) is 0 Å². The second-order valence-electron chi connectivity index (χ2n) is 7.78. The summed E-state index contributed by atoms with van der Waals surface area (Å²) in [7, 11) is -3.24. The Balaban J connectivity index is 1.53. The molecule has 1 aromatic carbocycles. The van der Waals surface area contributed by atoms with Crippen molar-refractivity contribution < 1.29 is 13.2 Å². The molecule has 0 spiro atoms. The van der Waals surface area contributed by atoms with Crippen molar-refractivity contribution in [2.24, 2.45) is 5.92 Å². The zero-order chi connectivity index (χ0) is 22.3. The third-order valence-corrected chi connectivity index (χ3v) is 7.71. The number of thiophene rings is 1. The van der Waals surface area contributed by atoms with Crippen LogP contribution in [0.25, 0.3) is 21.5 Å². The van der Waals surface area contributed by atoms with E-state index in [0.717, 1.165) is 28.0 Å². The fraction of sp³-hybridized carbons (Fsp3) is 0.286. The van der Waals surface area contributed by atoms with E-state index in [9.17, 15) is 13.2 Å². The minimum absolute atomic E-state index is 0.204. The third-order valence-electron chi connectivity index (χ3n) is 4.67. The average molecular weight is 475 g/mol. The largest absolute Gasteiger partial charge is 0.297 e. The van der Waals surface area contributed by atoms with Crippen LogP contribution in [0.15, 0.2) is 40.6 Å². The monoisotopic (exact) mass is 474 g/mol. The van der Waals surface area contributed by atoms with Gasteiger partial charge in [-0.1, -0.05) is 26.0 Å². The number of nitrogens with one attached hydrogen (secondary N) is 1. The zero-order valence-corrected chi connectivity index (χ0v) is 20.0. The van der Waals surface area contributed by atoms with Gasteiger partial charge in [-0.3, -0.25) is 14.8 Å². The molecule has 0 saturated heterocycles. The highest BCUT2D eigenvalue weighted by molar-refractivity contribution is 7.90. The highest BCUT2D eigenvalue weighted by Gasteiger charge is 2.18. The fourth-order valence-electron chi connectivity index (χ4n) is 3.19. The molecule has 0 bridgehead atoms. The molecular weight excluding hydrogens is 452 g/mol. The molecule has 31 heavy (non-hydrogen) atoms. The normalized spacial score (nSPS) is 12.0. The first-order valence-corrected chi connectivity index (χ1v) is 13.2. The molecule has 4 aromatic rings. The summed E-state index contributed by atoms with van der Waals surface area (Å²) < 4.78 is 25.2. The lowest BCUT2D eigenvalue weighted by atomic mass is 10.2. The van der Waals surface area contributed by atoms with Crippen molar-refractivity contribution in [3.8, 4) is 11.3 Å². The van der Waals surface area contributed by atoms with Gasteiger partial charge in [0.2, 0.25) is 0 Å². The quantitative estimate of drug-likeness (QED) is 0.431. The predicted molar refractivity (Wildman–Crippen MR) is 126 cm³/mol. The van der Waals surface area contributed by atoms with E-state index in [1.165, 1.54) is 28.9 Å². The molecular formula is C21H22N4O3S3. The van der Waals surface area contributed by atoms with E-state index in [1.54, 1.807) is 24.3 Å². The molecule has 0 fully saturated rings. The molecule has 1 N–H and O–H groups in total. The molecule has 7 nitrogen and oxygen atoms in total. The van der Waals surface area contributed by atoms with Gasteiger partial charge in [-0.15, -0.1) is 22.7 Å². The first kappa shape index (κ1) is 21.7. The van der Waals surface area contributed by atoms with Crippen LogP contribution in [0.3, 0.4) is 0 Å². The Labute approximate surface area is 188 Å². The van der Waals surface area contributed by atoms with Gasteiger partial charge in [0, 0.05) is 29.1 Å². The molecule has 0 aliphatic carbocycles. The molecule has 1 amide bonds. The number of hydrogen-bond donors (Lipinski definition) is 1. The van der Waals surface area contributed by atoms with E-state index in [1.807, 2.05) is 23.1 Å². The summed E-state index contributed by atoms with van der Waals surface area (Å²) in [5.74, 6) is 0.257. The number of aromatic nitrogens is 3. The molecule has 4 rings (SSSR count). The van der Waals surface area contributed by atoms with Crippen molar-refractivity contribution in [1.82, 2.24) is 14.8 Å². The number of thiazole rings is 1. The zero-order valence-electron chi connectivity index (χ0n) is 17.5. The average Bonchev–Trinajstić information content (AvgIpc) is 3.39. The minimum Gasteiger partial charge on any atom is -0.297 e. The number of carbonyl (C=O) groups is 1. The molecule has 0 radical (unpaired) electrons. The Bertz CT molecular complexity index is 1360. The first-order chi connectivity index (χ1) is 14.6. The fourth-order valence-corrected chi connectivity index (χ4v) is 5.60. The number of carbonyl (C=O) groups excluding carboxylic acids is 1. The summed E-state index contributed by atoms with van der Waals surface area (Å²) in [5, 5.41) is 10.8. The number of nitrogens with zero attached hydrogens (tertiary/aromatic N) is 3. The van der Waals surface area contributed by atoms with Crippen LogP contribution in [0.4, 0.5) is 5.13 Å². The molecule has 3 heterocycles. The van der Waals surface area contributed by atoms with Crippen LogP contribution in [-0.2, 0) is 16.4 Å². The number of amides is 1. The number of anilines is 1. The van der Waals surface area contributed by atoms with Crippen molar-refractivity contribution in [2.45, 2.75) is 32.2 Å². The molecule has 3 aromatic heterocycles. The Morgan fingerprint density at radius 3 is 2.58 bits per heavy atom. The Hall–Kier alpha value is -2.56. The van der Waals surface area contributed by atoms with Crippen LogP contribution in [0.5, 0.6) is 0 Å². The highest BCUT2D eigenvalue weighted by Crippen LogP contribution is 2.31. The molecule has 0 aliphatic rings. The predicted octanol–water partition coefficient (Wildman–Crippen LogP) is 4.84. The molecule has 0 atom stereocenters. The molecule has 0 unspecified atom stereocenters. The van der Waals surface area contributed by atoms with Crippen LogP contribution in [-0.4, -0.2) is 35.3 Å². The van der Waals surface area contributed by atoms with E-state index >= 15 is 0 Å². The number of hydrogen-bond acceptors (Lipinski definition) is 7. The SMILES string of the molecule is Cc1nn(CC(C)C)c2sc(C(=O)Nc3nc(-c4ccc(S(C)(=O)=O)cc4)cs3)cc12. The molecule has 0 saturated carbocycles. The first-order valence-electron chi connectivity index (χ1n) is 9.66. The van der Waals surface area contributed by atoms with Gasteiger partial charge in [-0.25, -0.2) is 13.4 Å². The van der Waals surface area contributed by atoms with Crippen LogP contribution < -0.4 is 5.32 Å². The standard InChI is InChI=1S/C21H22N4O3S3/c1-12(2)10-25-20-16(13(3)24-25)9-18(30-20)19(26)23-21-22-17(11-29-21)14-5-7-15(8-6-14)31(4,27)28/h5-9,11-12H,10H2,1-4H3,(H,22,23,26). The lowest BCUT2D eigenvalue weighted by Gasteiger charge is -2.04.